The summed E-state index contributed by atoms with van der Waals surface area (Å²) in [7, 11) is 1.78. The molecule has 0 spiro atoms. The Labute approximate surface area is 264 Å². The molecule has 3 N–H and O–H groups in total. The van der Waals surface area contributed by atoms with Crippen molar-refractivity contribution in [3.63, 3.8) is 0 Å². The summed E-state index contributed by atoms with van der Waals surface area (Å²) in [5.41, 5.74) is 9.10. The number of para-hydroxylation sites is 1. The second-order valence-electron chi connectivity index (χ2n) is 11.8. The van der Waals surface area contributed by atoms with Crippen LogP contribution in [0, 0.1) is 5.92 Å². The number of likely N-dealkylation sites (tertiary alicyclic amines) is 2. The van der Waals surface area contributed by atoms with Crippen LogP contribution in [0.1, 0.15) is 46.4 Å². The van der Waals surface area contributed by atoms with Crippen LogP contribution in [0.4, 0.5) is 10.5 Å². The highest BCUT2D eigenvalue weighted by molar-refractivity contribution is 5.98. The van der Waals surface area contributed by atoms with Crippen molar-refractivity contribution in [1.29, 1.82) is 0 Å². The van der Waals surface area contributed by atoms with E-state index in [0.29, 0.717) is 55.8 Å². The molecule has 4 amide bonds. The lowest BCUT2D eigenvalue weighted by molar-refractivity contribution is -0.123. The molecule has 3 aromatic carbocycles. The molecule has 0 unspecified atom stereocenters. The summed E-state index contributed by atoms with van der Waals surface area (Å²) in [6, 6.07) is 24.3. The lowest BCUT2D eigenvalue weighted by atomic mass is 9.96. The number of hydrogen-bond acceptors (Lipinski definition) is 6. The van der Waals surface area contributed by atoms with Crippen LogP contribution in [0.15, 0.2) is 78.9 Å². The fourth-order valence-electron chi connectivity index (χ4n) is 5.92. The van der Waals surface area contributed by atoms with Gasteiger partial charge in [-0.15, -0.1) is 0 Å². The Morgan fingerprint density at radius 2 is 1.44 bits per heavy atom. The lowest BCUT2D eigenvalue weighted by Gasteiger charge is -2.32. The Balaban J connectivity index is 1.03. The van der Waals surface area contributed by atoms with Crippen LogP contribution in [-0.4, -0.2) is 90.9 Å². The van der Waals surface area contributed by atoms with Gasteiger partial charge in [-0.25, -0.2) is 4.79 Å². The van der Waals surface area contributed by atoms with Gasteiger partial charge < -0.3 is 25.2 Å². The van der Waals surface area contributed by atoms with Crippen LogP contribution in [0.25, 0.3) is 11.1 Å². The van der Waals surface area contributed by atoms with Crippen molar-refractivity contribution in [3.8, 4) is 11.1 Å². The first kappa shape index (κ1) is 31.7. The minimum absolute atomic E-state index is 0.105. The molecule has 0 radical (unpaired) electrons. The SMILES string of the molecule is CN(CCN1CCC(OC(=O)Nc2ccccc2-c2ccccc2)CC1)C(=O)c1ccc(C(=O)N2CCC(C(N)=O)CC2)cc1. The fraction of sp³-hybridized carbons (Fsp3) is 0.371. The molecule has 10 nitrogen and oxygen atoms in total. The van der Waals surface area contributed by atoms with Gasteiger partial charge in [-0.05, 0) is 61.6 Å². The number of amides is 4. The van der Waals surface area contributed by atoms with Gasteiger partial charge in [0.05, 0.1) is 5.69 Å². The number of hydrogen-bond donors (Lipinski definition) is 2. The monoisotopic (exact) mass is 611 g/mol. The van der Waals surface area contributed by atoms with Gasteiger partial charge in [0.25, 0.3) is 11.8 Å². The number of nitrogens with two attached hydrogens (primary N) is 1. The quantitative estimate of drug-likeness (QED) is 0.368. The maximum Gasteiger partial charge on any atom is 0.411 e. The van der Waals surface area contributed by atoms with Crippen LogP contribution in [0.2, 0.25) is 0 Å². The summed E-state index contributed by atoms with van der Waals surface area (Å²) < 4.78 is 5.75. The third-order valence-corrected chi connectivity index (χ3v) is 8.72. The first-order valence-electron chi connectivity index (χ1n) is 15.6. The number of likely N-dealkylation sites (N-methyl/N-ethyl adjacent to an activating group) is 1. The van der Waals surface area contributed by atoms with Gasteiger partial charge in [0.1, 0.15) is 6.10 Å². The molecule has 3 aromatic rings. The molecule has 2 saturated heterocycles. The Bertz CT molecular complexity index is 1480. The zero-order chi connectivity index (χ0) is 31.8. The van der Waals surface area contributed by atoms with Crippen molar-refractivity contribution < 1.29 is 23.9 Å². The van der Waals surface area contributed by atoms with E-state index in [1.807, 2.05) is 54.6 Å². The van der Waals surface area contributed by atoms with E-state index in [9.17, 15) is 19.2 Å². The molecule has 0 aliphatic carbocycles. The van der Waals surface area contributed by atoms with Gasteiger partial charge >= 0.3 is 6.09 Å². The van der Waals surface area contributed by atoms with E-state index in [0.717, 1.165) is 37.1 Å². The highest BCUT2D eigenvalue weighted by atomic mass is 16.6. The first-order chi connectivity index (χ1) is 21.8. The van der Waals surface area contributed by atoms with E-state index in [-0.39, 0.29) is 29.7 Å². The molecule has 236 valence electrons. The molecule has 5 rings (SSSR count). The Morgan fingerprint density at radius 1 is 0.822 bits per heavy atom. The highest BCUT2D eigenvalue weighted by Gasteiger charge is 2.27. The van der Waals surface area contributed by atoms with Crippen LogP contribution < -0.4 is 11.1 Å². The molecule has 0 aromatic heterocycles. The summed E-state index contributed by atoms with van der Waals surface area (Å²) in [5.74, 6) is -0.701. The van der Waals surface area contributed by atoms with E-state index in [1.54, 1.807) is 41.1 Å². The van der Waals surface area contributed by atoms with Crippen LogP contribution in [0.5, 0.6) is 0 Å². The zero-order valence-electron chi connectivity index (χ0n) is 25.7. The number of primary amides is 1. The summed E-state index contributed by atoms with van der Waals surface area (Å²) in [5, 5.41) is 2.91. The Hall–Kier alpha value is -4.70. The largest absolute Gasteiger partial charge is 0.446 e. The van der Waals surface area contributed by atoms with Gasteiger partial charge in [0, 0.05) is 68.9 Å². The van der Waals surface area contributed by atoms with Crippen molar-refractivity contribution in [2.45, 2.75) is 31.8 Å². The van der Waals surface area contributed by atoms with E-state index in [1.165, 1.54) is 0 Å². The summed E-state index contributed by atoms with van der Waals surface area (Å²) in [4.78, 5) is 55.7. The molecular weight excluding hydrogens is 570 g/mol. The van der Waals surface area contributed by atoms with E-state index >= 15 is 0 Å². The minimum Gasteiger partial charge on any atom is -0.446 e. The molecular formula is C35H41N5O5. The number of ether oxygens (including phenoxy) is 1. The van der Waals surface area contributed by atoms with Gasteiger partial charge in [-0.2, -0.15) is 0 Å². The highest BCUT2D eigenvalue weighted by Crippen LogP contribution is 2.28. The maximum atomic E-state index is 13.0. The number of piperidine rings is 2. The number of rotatable bonds is 9. The minimum atomic E-state index is -0.456. The molecule has 2 aliphatic rings. The zero-order valence-corrected chi connectivity index (χ0v) is 25.7. The predicted molar refractivity (Wildman–Crippen MR) is 173 cm³/mol. The van der Waals surface area contributed by atoms with Gasteiger partial charge in [0.15, 0.2) is 0 Å². The van der Waals surface area contributed by atoms with Crippen molar-refractivity contribution in [2.24, 2.45) is 11.7 Å². The fourth-order valence-corrected chi connectivity index (χ4v) is 5.92. The lowest BCUT2D eigenvalue weighted by Crippen LogP contribution is -2.42. The molecule has 45 heavy (non-hydrogen) atoms. The third-order valence-electron chi connectivity index (χ3n) is 8.72. The average molecular weight is 612 g/mol. The first-order valence-corrected chi connectivity index (χ1v) is 15.6. The molecule has 10 heteroatoms. The molecule has 0 atom stereocenters. The van der Waals surface area contributed by atoms with E-state index in [4.69, 9.17) is 10.5 Å². The van der Waals surface area contributed by atoms with Crippen LogP contribution in [-0.2, 0) is 9.53 Å². The normalized spacial score (nSPS) is 16.2. The summed E-state index contributed by atoms with van der Waals surface area (Å²) in [6.45, 7) is 3.80. The summed E-state index contributed by atoms with van der Waals surface area (Å²) in [6.07, 6.45) is 1.98. The Morgan fingerprint density at radius 3 is 2.11 bits per heavy atom. The number of nitrogens with one attached hydrogen (secondary N) is 1. The average Bonchev–Trinajstić information content (AvgIpc) is 3.08. The number of carbonyl (C=O) groups is 4. The Kier molecular flexibility index (Phi) is 10.5. The molecule has 2 aliphatic heterocycles. The predicted octanol–water partition coefficient (Wildman–Crippen LogP) is 4.48. The number of carbonyl (C=O) groups excluding carboxylic acids is 4. The van der Waals surface area contributed by atoms with Crippen molar-refractivity contribution in [3.05, 3.63) is 90.0 Å². The molecule has 2 heterocycles. The van der Waals surface area contributed by atoms with Crippen molar-refractivity contribution in [1.82, 2.24) is 14.7 Å². The molecule has 2 fully saturated rings. The second-order valence-corrected chi connectivity index (χ2v) is 11.8. The second kappa shape index (κ2) is 14.9. The number of anilines is 1. The standard InChI is InChI=1S/C35H41N5O5/c1-38(33(42)27-11-13-28(14-12-27)34(43)40-21-15-26(16-22-40)32(36)41)23-24-39-19-17-29(18-20-39)45-35(44)37-31-10-6-5-9-30(31)25-7-3-2-4-8-25/h2-14,26,29H,15-24H2,1H3,(H2,36,41)(H,37,44). The van der Waals surface area contributed by atoms with Crippen molar-refractivity contribution in [2.75, 3.05) is 51.6 Å². The molecule has 0 bridgehead atoms. The molecule has 0 saturated carbocycles. The maximum absolute atomic E-state index is 13.0. The van der Waals surface area contributed by atoms with Gasteiger partial charge in [-0.3, -0.25) is 19.7 Å². The number of nitrogens with zero attached hydrogens (tertiary/aromatic N) is 3. The van der Waals surface area contributed by atoms with E-state index < -0.39 is 6.09 Å². The van der Waals surface area contributed by atoms with Crippen LogP contribution >= 0.6 is 0 Å². The smallest absolute Gasteiger partial charge is 0.411 e. The van der Waals surface area contributed by atoms with Crippen molar-refractivity contribution >= 4 is 29.5 Å². The van der Waals surface area contributed by atoms with Gasteiger partial charge in [0.2, 0.25) is 5.91 Å². The topological polar surface area (TPSA) is 125 Å². The summed E-state index contributed by atoms with van der Waals surface area (Å²) >= 11 is 0. The number of benzene rings is 3. The van der Waals surface area contributed by atoms with Gasteiger partial charge in [-0.1, -0.05) is 48.5 Å². The van der Waals surface area contributed by atoms with E-state index in [2.05, 4.69) is 10.2 Å². The third kappa shape index (κ3) is 8.27. The van der Waals surface area contributed by atoms with Crippen LogP contribution in [0.3, 0.4) is 0 Å².